The third kappa shape index (κ3) is 4.21. The maximum Gasteiger partial charge on any atom is 0.315 e. The number of hydrogen-bond acceptors (Lipinski definition) is 2. The molecule has 5 nitrogen and oxygen atoms in total. The summed E-state index contributed by atoms with van der Waals surface area (Å²) in [4.78, 5) is 22.8. The van der Waals surface area contributed by atoms with Crippen LogP contribution in [0.2, 0.25) is 0 Å². The van der Waals surface area contributed by atoms with Crippen molar-refractivity contribution in [2.75, 3.05) is 0 Å². The van der Waals surface area contributed by atoms with E-state index in [2.05, 4.69) is 16.7 Å². The Labute approximate surface area is 124 Å². The number of aliphatic carboxylic acids is 1. The molecule has 114 valence electrons. The van der Waals surface area contributed by atoms with Crippen molar-refractivity contribution in [1.29, 1.82) is 0 Å². The van der Waals surface area contributed by atoms with Crippen LogP contribution in [0.4, 0.5) is 4.79 Å². The lowest BCUT2D eigenvalue weighted by atomic mass is 9.88. The maximum atomic E-state index is 12.1. The van der Waals surface area contributed by atoms with Gasteiger partial charge in [0.1, 0.15) is 0 Å². The first-order valence-electron chi connectivity index (χ1n) is 7.46. The van der Waals surface area contributed by atoms with Crippen LogP contribution >= 0.6 is 0 Å². The number of carbonyl (C=O) groups excluding carboxylic acids is 1. The van der Waals surface area contributed by atoms with Gasteiger partial charge in [0.05, 0.1) is 12.5 Å². The molecule has 0 spiro atoms. The molecule has 2 atom stereocenters. The number of carboxylic acids is 1. The second-order valence-corrected chi connectivity index (χ2v) is 5.46. The highest BCUT2D eigenvalue weighted by molar-refractivity contribution is 5.76. The lowest BCUT2D eigenvalue weighted by molar-refractivity contribution is -0.137. The lowest BCUT2D eigenvalue weighted by Gasteiger charge is -2.27. The number of rotatable bonds is 5. The Hall–Kier alpha value is -2.04. The van der Waals surface area contributed by atoms with E-state index in [4.69, 9.17) is 5.11 Å². The van der Waals surface area contributed by atoms with Crippen molar-refractivity contribution in [3.05, 3.63) is 35.4 Å². The third-order valence-electron chi connectivity index (χ3n) is 3.92. The van der Waals surface area contributed by atoms with Gasteiger partial charge < -0.3 is 15.7 Å². The summed E-state index contributed by atoms with van der Waals surface area (Å²) in [5, 5.41) is 14.5. The number of amides is 2. The molecule has 21 heavy (non-hydrogen) atoms. The molecule has 3 N–H and O–H groups in total. The second-order valence-electron chi connectivity index (χ2n) is 5.46. The normalized spacial score (nSPS) is 18.4. The number of urea groups is 1. The van der Waals surface area contributed by atoms with E-state index in [9.17, 15) is 9.59 Å². The van der Waals surface area contributed by atoms with Crippen molar-refractivity contribution in [2.24, 2.45) is 0 Å². The van der Waals surface area contributed by atoms with Crippen molar-refractivity contribution in [3.63, 3.8) is 0 Å². The quantitative estimate of drug-likeness (QED) is 0.780. The Bertz CT molecular complexity index is 516. The zero-order valence-corrected chi connectivity index (χ0v) is 12.3. The van der Waals surface area contributed by atoms with E-state index in [-0.39, 0.29) is 24.5 Å². The van der Waals surface area contributed by atoms with Gasteiger partial charge in [0.25, 0.3) is 0 Å². The van der Waals surface area contributed by atoms with Gasteiger partial charge in [0.2, 0.25) is 0 Å². The van der Waals surface area contributed by atoms with E-state index in [1.807, 2.05) is 25.1 Å². The fourth-order valence-corrected chi connectivity index (χ4v) is 2.80. The van der Waals surface area contributed by atoms with Crippen LogP contribution in [0.1, 0.15) is 49.8 Å². The van der Waals surface area contributed by atoms with Crippen molar-refractivity contribution >= 4 is 12.0 Å². The Morgan fingerprint density at radius 1 is 1.38 bits per heavy atom. The summed E-state index contributed by atoms with van der Waals surface area (Å²) in [6, 6.07) is 7.54. The Morgan fingerprint density at radius 3 is 2.86 bits per heavy atom. The van der Waals surface area contributed by atoms with Gasteiger partial charge in [0.15, 0.2) is 0 Å². The van der Waals surface area contributed by atoms with Gasteiger partial charge >= 0.3 is 12.0 Å². The molecule has 2 unspecified atom stereocenters. The first-order chi connectivity index (χ1) is 10.1. The van der Waals surface area contributed by atoms with E-state index in [1.54, 1.807) is 0 Å². The summed E-state index contributed by atoms with van der Waals surface area (Å²) in [6.45, 7) is 1.86. The number of nitrogens with one attached hydrogen (secondary N) is 2. The van der Waals surface area contributed by atoms with Crippen molar-refractivity contribution in [2.45, 2.75) is 51.1 Å². The highest BCUT2D eigenvalue weighted by Crippen LogP contribution is 2.29. The summed E-state index contributed by atoms with van der Waals surface area (Å²) < 4.78 is 0. The SMILES string of the molecule is CCC(CC(=O)O)NC(=O)NC1CCCc2ccccc21. The predicted octanol–water partition coefficient (Wildman–Crippen LogP) is 2.62. The van der Waals surface area contributed by atoms with Crippen LogP contribution in [-0.4, -0.2) is 23.1 Å². The van der Waals surface area contributed by atoms with Gasteiger partial charge in [-0.25, -0.2) is 4.79 Å². The predicted molar refractivity (Wildman–Crippen MR) is 80.1 cm³/mol. The molecule has 0 fully saturated rings. The molecule has 2 amide bonds. The molecule has 0 radical (unpaired) electrons. The molecule has 1 aromatic rings. The first kappa shape index (κ1) is 15.4. The average molecular weight is 290 g/mol. The molecule has 1 aromatic carbocycles. The van der Waals surface area contributed by atoms with E-state index >= 15 is 0 Å². The van der Waals surface area contributed by atoms with Crippen LogP contribution in [0.3, 0.4) is 0 Å². The third-order valence-corrected chi connectivity index (χ3v) is 3.92. The second kappa shape index (κ2) is 7.11. The van der Waals surface area contributed by atoms with E-state index in [0.717, 1.165) is 19.3 Å². The highest BCUT2D eigenvalue weighted by atomic mass is 16.4. The van der Waals surface area contributed by atoms with Crippen LogP contribution in [0.5, 0.6) is 0 Å². The van der Waals surface area contributed by atoms with Crippen LogP contribution in [-0.2, 0) is 11.2 Å². The maximum absolute atomic E-state index is 12.1. The zero-order chi connectivity index (χ0) is 15.2. The minimum absolute atomic E-state index is 0.0114. The molecule has 0 aliphatic heterocycles. The van der Waals surface area contributed by atoms with Gasteiger partial charge in [-0.05, 0) is 36.8 Å². The summed E-state index contributed by atoms with van der Waals surface area (Å²) in [5.74, 6) is -0.898. The largest absolute Gasteiger partial charge is 0.481 e. The number of carboxylic acid groups (broad SMARTS) is 1. The van der Waals surface area contributed by atoms with Gasteiger partial charge in [-0.1, -0.05) is 31.2 Å². The number of carbonyl (C=O) groups is 2. The molecular formula is C16H22N2O3. The molecule has 0 heterocycles. The zero-order valence-electron chi connectivity index (χ0n) is 12.3. The molecule has 0 saturated carbocycles. The topological polar surface area (TPSA) is 78.4 Å². The van der Waals surface area contributed by atoms with Crippen molar-refractivity contribution < 1.29 is 14.7 Å². The minimum atomic E-state index is -0.898. The number of fused-ring (bicyclic) bond motifs is 1. The van der Waals surface area contributed by atoms with Crippen LogP contribution in [0.25, 0.3) is 0 Å². The van der Waals surface area contributed by atoms with E-state index in [1.165, 1.54) is 11.1 Å². The average Bonchev–Trinajstić information content (AvgIpc) is 2.46. The Kier molecular flexibility index (Phi) is 5.20. The molecule has 1 aliphatic carbocycles. The van der Waals surface area contributed by atoms with Crippen LogP contribution in [0.15, 0.2) is 24.3 Å². The fourth-order valence-electron chi connectivity index (χ4n) is 2.80. The molecule has 0 bridgehead atoms. The molecular weight excluding hydrogens is 268 g/mol. The Morgan fingerprint density at radius 2 is 2.14 bits per heavy atom. The van der Waals surface area contributed by atoms with Crippen molar-refractivity contribution in [3.8, 4) is 0 Å². The van der Waals surface area contributed by atoms with E-state index in [0.29, 0.717) is 6.42 Å². The Balaban J connectivity index is 1.96. The van der Waals surface area contributed by atoms with Gasteiger partial charge in [-0.2, -0.15) is 0 Å². The van der Waals surface area contributed by atoms with Crippen LogP contribution < -0.4 is 10.6 Å². The summed E-state index contributed by atoms with van der Waals surface area (Å²) in [6.07, 6.45) is 3.56. The van der Waals surface area contributed by atoms with Gasteiger partial charge in [-0.15, -0.1) is 0 Å². The molecule has 0 saturated heterocycles. The fraction of sp³-hybridized carbons (Fsp3) is 0.500. The van der Waals surface area contributed by atoms with Crippen molar-refractivity contribution in [1.82, 2.24) is 10.6 Å². The minimum Gasteiger partial charge on any atom is -0.481 e. The smallest absolute Gasteiger partial charge is 0.315 e. The van der Waals surface area contributed by atoms with Gasteiger partial charge in [-0.3, -0.25) is 4.79 Å². The standard InChI is InChI=1S/C16H22N2O3/c1-2-12(10-15(19)20)17-16(21)18-14-9-5-7-11-6-3-4-8-13(11)14/h3-4,6,8,12,14H,2,5,7,9-10H2,1H3,(H,19,20)(H2,17,18,21). The molecule has 2 rings (SSSR count). The highest BCUT2D eigenvalue weighted by Gasteiger charge is 2.22. The number of aryl methyl sites for hydroxylation is 1. The first-order valence-corrected chi connectivity index (χ1v) is 7.46. The number of benzene rings is 1. The summed E-state index contributed by atoms with van der Waals surface area (Å²) >= 11 is 0. The summed E-state index contributed by atoms with van der Waals surface area (Å²) in [7, 11) is 0. The van der Waals surface area contributed by atoms with Gasteiger partial charge in [0, 0.05) is 6.04 Å². The molecule has 5 heteroatoms. The molecule has 1 aliphatic rings. The molecule has 0 aromatic heterocycles. The number of hydrogen-bond donors (Lipinski definition) is 3. The summed E-state index contributed by atoms with van der Waals surface area (Å²) in [5.41, 5.74) is 2.46. The monoisotopic (exact) mass is 290 g/mol. The van der Waals surface area contributed by atoms with Crippen LogP contribution in [0, 0.1) is 0 Å². The lowest BCUT2D eigenvalue weighted by Crippen LogP contribution is -2.44. The van der Waals surface area contributed by atoms with E-state index < -0.39 is 5.97 Å².